The predicted octanol–water partition coefficient (Wildman–Crippen LogP) is 4.90. The van der Waals surface area contributed by atoms with Crippen LogP contribution in [0, 0.1) is 0 Å². The van der Waals surface area contributed by atoms with E-state index in [1.165, 1.54) is 36.8 Å². The molecule has 1 rings (SSSR count). The smallest absolute Gasteiger partial charge is 0.103 e. The van der Waals surface area contributed by atoms with Gasteiger partial charge < -0.3 is 4.74 Å². The number of hydrogen-bond donors (Lipinski definition) is 0. The van der Waals surface area contributed by atoms with Crippen molar-refractivity contribution in [1.82, 2.24) is 0 Å². The molecule has 0 radical (unpaired) electrons. The van der Waals surface area contributed by atoms with Crippen molar-refractivity contribution in [2.75, 3.05) is 7.11 Å². The molecule has 0 amide bonds. The van der Waals surface area contributed by atoms with E-state index in [0.29, 0.717) is 0 Å². The minimum absolute atomic E-state index is 0.0535. The van der Waals surface area contributed by atoms with E-state index in [1.807, 2.05) is 18.2 Å². The van der Waals surface area contributed by atoms with Crippen LogP contribution >= 0.6 is 0 Å². The largest absolute Gasteiger partial charge is 0.372 e. The second-order valence-electron chi connectivity index (χ2n) is 4.50. The fourth-order valence-corrected chi connectivity index (χ4v) is 2.08. The highest BCUT2D eigenvalue weighted by atomic mass is 16.5. The lowest BCUT2D eigenvalue weighted by Gasteiger charge is -2.18. The summed E-state index contributed by atoms with van der Waals surface area (Å²) in [5, 5.41) is 0. The summed E-state index contributed by atoms with van der Waals surface area (Å²) in [6.07, 6.45) is 6.22. The Morgan fingerprint density at radius 1 is 1.18 bits per heavy atom. The number of rotatable bonds is 8. The lowest BCUT2D eigenvalue weighted by molar-refractivity contribution is 0.130. The molecule has 1 unspecified atom stereocenters. The molecule has 1 aromatic carbocycles. The molecule has 0 aromatic heterocycles. The first-order valence-electron chi connectivity index (χ1n) is 6.55. The zero-order chi connectivity index (χ0) is 12.5. The van der Waals surface area contributed by atoms with Crippen LogP contribution in [0.5, 0.6) is 0 Å². The first-order chi connectivity index (χ1) is 8.29. The van der Waals surface area contributed by atoms with E-state index in [0.717, 1.165) is 6.42 Å². The average molecular weight is 232 g/mol. The molecule has 1 atom stereocenters. The Balaban J connectivity index is 2.48. The van der Waals surface area contributed by atoms with Crippen LogP contribution in [-0.4, -0.2) is 7.11 Å². The SMILES string of the molecule is C=C(CCCCCC)C(OC)c1ccccc1. The van der Waals surface area contributed by atoms with E-state index in [2.05, 4.69) is 25.6 Å². The fourth-order valence-electron chi connectivity index (χ4n) is 2.08. The van der Waals surface area contributed by atoms with Gasteiger partial charge in [-0.2, -0.15) is 0 Å². The zero-order valence-corrected chi connectivity index (χ0v) is 11.1. The molecule has 0 spiro atoms. The van der Waals surface area contributed by atoms with Gasteiger partial charge in [-0.3, -0.25) is 0 Å². The fraction of sp³-hybridized carbons (Fsp3) is 0.500. The van der Waals surface area contributed by atoms with Crippen LogP contribution in [0.3, 0.4) is 0 Å². The molecule has 0 saturated heterocycles. The van der Waals surface area contributed by atoms with Gasteiger partial charge in [0, 0.05) is 7.11 Å². The maximum absolute atomic E-state index is 5.56. The van der Waals surface area contributed by atoms with Crippen LogP contribution in [0.15, 0.2) is 42.5 Å². The van der Waals surface area contributed by atoms with Gasteiger partial charge in [-0.25, -0.2) is 0 Å². The maximum atomic E-state index is 5.56. The molecule has 0 heterocycles. The zero-order valence-electron chi connectivity index (χ0n) is 11.1. The lowest BCUT2D eigenvalue weighted by Crippen LogP contribution is -2.04. The Morgan fingerprint density at radius 3 is 2.47 bits per heavy atom. The van der Waals surface area contributed by atoms with Gasteiger partial charge in [-0.05, 0) is 24.0 Å². The molecule has 0 saturated carbocycles. The van der Waals surface area contributed by atoms with E-state index < -0.39 is 0 Å². The summed E-state index contributed by atoms with van der Waals surface area (Å²) in [7, 11) is 1.76. The lowest BCUT2D eigenvalue weighted by atomic mass is 9.98. The Morgan fingerprint density at radius 2 is 1.88 bits per heavy atom. The van der Waals surface area contributed by atoms with Crippen LogP contribution < -0.4 is 0 Å². The second kappa shape index (κ2) is 8.08. The highest BCUT2D eigenvalue weighted by Crippen LogP contribution is 2.27. The highest BCUT2D eigenvalue weighted by molar-refractivity contribution is 5.24. The number of hydrogen-bond acceptors (Lipinski definition) is 1. The number of unbranched alkanes of at least 4 members (excludes halogenated alkanes) is 3. The van der Waals surface area contributed by atoms with Crippen molar-refractivity contribution in [2.45, 2.75) is 45.1 Å². The summed E-state index contributed by atoms with van der Waals surface area (Å²) in [5.74, 6) is 0. The molecule has 0 N–H and O–H groups in total. The molecular formula is C16H24O. The first-order valence-corrected chi connectivity index (χ1v) is 6.55. The summed E-state index contributed by atoms with van der Waals surface area (Å²) in [4.78, 5) is 0. The van der Waals surface area contributed by atoms with Crippen molar-refractivity contribution >= 4 is 0 Å². The molecule has 1 nitrogen and oxygen atoms in total. The van der Waals surface area contributed by atoms with E-state index in [4.69, 9.17) is 4.74 Å². The Kier molecular flexibility index (Phi) is 6.64. The monoisotopic (exact) mass is 232 g/mol. The van der Waals surface area contributed by atoms with Crippen molar-refractivity contribution in [3.63, 3.8) is 0 Å². The Labute approximate surface area is 106 Å². The summed E-state index contributed by atoms with van der Waals surface area (Å²) in [6.45, 7) is 6.41. The van der Waals surface area contributed by atoms with E-state index >= 15 is 0 Å². The molecule has 1 heteroatoms. The van der Waals surface area contributed by atoms with Crippen LogP contribution in [0.1, 0.15) is 50.7 Å². The molecule has 0 aliphatic carbocycles. The molecule has 0 aliphatic heterocycles. The molecule has 0 aliphatic rings. The third-order valence-corrected chi connectivity index (χ3v) is 3.06. The quantitative estimate of drug-likeness (QED) is 0.457. The second-order valence-corrected chi connectivity index (χ2v) is 4.50. The molecule has 0 fully saturated rings. The van der Waals surface area contributed by atoms with Crippen molar-refractivity contribution in [2.24, 2.45) is 0 Å². The highest BCUT2D eigenvalue weighted by Gasteiger charge is 2.13. The third kappa shape index (κ3) is 4.74. The first kappa shape index (κ1) is 14.0. The van der Waals surface area contributed by atoms with Crippen LogP contribution in [0.2, 0.25) is 0 Å². The van der Waals surface area contributed by atoms with Gasteiger partial charge in [0.15, 0.2) is 0 Å². The van der Waals surface area contributed by atoms with Crippen molar-refractivity contribution in [3.8, 4) is 0 Å². The van der Waals surface area contributed by atoms with E-state index in [9.17, 15) is 0 Å². The summed E-state index contributed by atoms with van der Waals surface area (Å²) < 4.78 is 5.56. The summed E-state index contributed by atoms with van der Waals surface area (Å²) >= 11 is 0. The normalized spacial score (nSPS) is 12.4. The molecule has 1 aromatic rings. The van der Waals surface area contributed by atoms with Gasteiger partial charge in [0.25, 0.3) is 0 Å². The predicted molar refractivity (Wildman–Crippen MR) is 74.1 cm³/mol. The number of methoxy groups -OCH3 is 1. The van der Waals surface area contributed by atoms with Gasteiger partial charge in [-0.15, -0.1) is 0 Å². The Bertz CT molecular complexity index is 316. The van der Waals surface area contributed by atoms with Gasteiger partial charge in [0.1, 0.15) is 6.10 Å². The van der Waals surface area contributed by atoms with Crippen molar-refractivity contribution in [1.29, 1.82) is 0 Å². The number of benzene rings is 1. The molecule has 0 bridgehead atoms. The van der Waals surface area contributed by atoms with E-state index in [1.54, 1.807) is 7.11 Å². The summed E-state index contributed by atoms with van der Waals surface area (Å²) in [6, 6.07) is 10.3. The van der Waals surface area contributed by atoms with Crippen LogP contribution in [0.25, 0.3) is 0 Å². The van der Waals surface area contributed by atoms with Crippen molar-refractivity contribution in [3.05, 3.63) is 48.0 Å². The Hall–Kier alpha value is -1.08. The average Bonchev–Trinajstić information content (AvgIpc) is 2.37. The molecule has 17 heavy (non-hydrogen) atoms. The molecule has 94 valence electrons. The molecular weight excluding hydrogens is 208 g/mol. The third-order valence-electron chi connectivity index (χ3n) is 3.06. The van der Waals surface area contributed by atoms with Crippen LogP contribution in [0.4, 0.5) is 0 Å². The van der Waals surface area contributed by atoms with Gasteiger partial charge in [0.05, 0.1) is 0 Å². The minimum Gasteiger partial charge on any atom is -0.372 e. The van der Waals surface area contributed by atoms with Gasteiger partial charge in [-0.1, -0.05) is 63.1 Å². The summed E-state index contributed by atoms with van der Waals surface area (Å²) in [5.41, 5.74) is 2.39. The topological polar surface area (TPSA) is 9.23 Å². The number of ether oxygens (including phenoxy) is 1. The van der Waals surface area contributed by atoms with Crippen LogP contribution in [-0.2, 0) is 4.74 Å². The van der Waals surface area contributed by atoms with Crippen molar-refractivity contribution < 1.29 is 4.74 Å². The van der Waals surface area contributed by atoms with E-state index in [-0.39, 0.29) is 6.10 Å². The maximum Gasteiger partial charge on any atom is 0.103 e. The van der Waals surface area contributed by atoms with Gasteiger partial charge >= 0.3 is 0 Å². The minimum atomic E-state index is 0.0535. The standard InChI is InChI=1S/C16H24O/c1-4-5-6-8-11-14(2)16(17-3)15-12-9-7-10-13-15/h7,9-10,12-13,16H,2,4-6,8,11H2,1,3H3. The van der Waals surface area contributed by atoms with Gasteiger partial charge in [0.2, 0.25) is 0 Å².